The van der Waals surface area contributed by atoms with Crippen molar-refractivity contribution in [2.45, 2.75) is 44.4 Å². The molecule has 1 aromatic rings. The largest absolute Gasteiger partial charge is 0.299 e. The molecule has 2 rings (SSSR count). The van der Waals surface area contributed by atoms with Crippen molar-refractivity contribution in [3.63, 3.8) is 0 Å². The van der Waals surface area contributed by atoms with Crippen LogP contribution in [-0.2, 0) is 10.2 Å². The lowest BCUT2D eigenvalue weighted by molar-refractivity contribution is -0.123. The summed E-state index contributed by atoms with van der Waals surface area (Å²) < 4.78 is 1.07. The van der Waals surface area contributed by atoms with E-state index in [4.69, 9.17) is 0 Å². The van der Waals surface area contributed by atoms with Gasteiger partial charge in [0.15, 0.2) is 0 Å². The minimum Gasteiger partial charge on any atom is -0.299 e. The molecule has 0 atom stereocenters. The molecule has 1 aliphatic rings. The number of carbonyl (C=O) groups excluding carboxylic acids is 1. The topological polar surface area (TPSA) is 17.1 Å². The molecule has 1 nitrogen and oxygen atoms in total. The van der Waals surface area contributed by atoms with Crippen LogP contribution in [0, 0.1) is 0 Å². The maximum atomic E-state index is 12.0. The summed E-state index contributed by atoms with van der Waals surface area (Å²) in [4.78, 5) is 12.0. The van der Waals surface area contributed by atoms with Crippen LogP contribution >= 0.6 is 15.9 Å². The summed E-state index contributed by atoms with van der Waals surface area (Å²) in [5.41, 5.74) is 1.00. The third kappa shape index (κ3) is 2.08. The smallest absolute Gasteiger partial charge is 0.140 e. The molecule has 1 fully saturated rings. The molecule has 0 N–H and O–H groups in total. The summed E-state index contributed by atoms with van der Waals surface area (Å²) >= 11 is 3.44. The van der Waals surface area contributed by atoms with Gasteiger partial charge in [-0.2, -0.15) is 0 Å². The molecule has 0 aliphatic heterocycles. The molecule has 2 heteroatoms. The van der Waals surface area contributed by atoms with E-state index in [1.54, 1.807) is 6.92 Å². The predicted molar refractivity (Wildman–Crippen MR) is 69.6 cm³/mol. The summed E-state index contributed by atoms with van der Waals surface area (Å²) in [6.45, 7) is 1.74. The molecule has 0 saturated heterocycles. The Morgan fingerprint density at radius 1 is 1.12 bits per heavy atom. The average molecular weight is 281 g/mol. The second kappa shape index (κ2) is 4.70. The summed E-state index contributed by atoms with van der Waals surface area (Å²) in [5, 5.41) is 0. The fourth-order valence-electron chi connectivity index (χ4n) is 2.77. The van der Waals surface area contributed by atoms with Gasteiger partial charge in [0.05, 0.1) is 5.41 Å². The van der Waals surface area contributed by atoms with Gasteiger partial charge in [-0.3, -0.25) is 4.79 Å². The SMILES string of the molecule is CC(=O)C1(c2ccc(Br)cc2)CCCCC1. The first-order valence-electron chi connectivity index (χ1n) is 5.92. The zero-order valence-electron chi connectivity index (χ0n) is 9.63. The fraction of sp³-hybridized carbons (Fsp3) is 0.500. The Morgan fingerprint density at radius 3 is 2.19 bits per heavy atom. The van der Waals surface area contributed by atoms with Gasteiger partial charge >= 0.3 is 0 Å². The van der Waals surface area contributed by atoms with Crippen LogP contribution in [0.1, 0.15) is 44.6 Å². The lowest BCUT2D eigenvalue weighted by Gasteiger charge is -2.35. The van der Waals surface area contributed by atoms with E-state index in [1.165, 1.54) is 24.8 Å². The van der Waals surface area contributed by atoms with Crippen molar-refractivity contribution >= 4 is 21.7 Å². The van der Waals surface area contributed by atoms with Gasteiger partial charge in [0, 0.05) is 4.47 Å². The van der Waals surface area contributed by atoms with Crippen LogP contribution < -0.4 is 0 Å². The van der Waals surface area contributed by atoms with E-state index in [0.29, 0.717) is 5.78 Å². The van der Waals surface area contributed by atoms with Gasteiger partial charge in [-0.25, -0.2) is 0 Å². The summed E-state index contributed by atoms with van der Waals surface area (Å²) in [6, 6.07) is 8.26. The van der Waals surface area contributed by atoms with Crippen LogP contribution in [0.25, 0.3) is 0 Å². The van der Waals surface area contributed by atoms with Gasteiger partial charge in [-0.15, -0.1) is 0 Å². The van der Waals surface area contributed by atoms with Crippen molar-refractivity contribution in [3.05, 3.63) is 34.3 Å². The highest BCUT2D eigenvalue weighted by Gasteiger charge is 2.38. The molecule has 86 valence electrons. The fourth-order valence-corrected chi connectivity index (χ4v) is 3.03. The van der Waals surface area contributed by atoms with E-state index in [1.807, 2.05) is 12.1 Å². The van der Waals surface area contributed by atoms with Crippen molar-refractivity contribution in [3.8, 4) is 0 Å². The molecule has 0 spiro atoms. The highest BCUT2D eigenvalue weighted by atomic mass is 79.9. The molecular weight excluding hydrogens is 264 g/mol. The minimum atomic E-state index is -0.195. The maximum Gasteiger partial charge on any atom is 0.140 e. The van der Waals surface area contributed by atoms with Crippen LogP contribution in [0.2, 0.25) is 0 Å². The van der Waals surface area contributed by atoms with Crippen LogP contribution in [-0.4, -0.2) is 5.78 Å². The number of hydrogen-bond donors (Lipinski definition) is 0. The molecule has 0 radical (unpaired) electrons. The molecule has 0 heterocycles. The zero-order valence-corrected chi connectivity index (χ0v) is 11.2. The quantitative estimate of drug-likeness (QED) is 0.792. The van der Waals surface area contributed by atoms with E-state index in [9.17, 15) is 4.79 Å². The Morgan fingerprint density at radius 2 is 1.69 bits per heavy atom. The van der Waals surface area contributed by atoms with Crippen LogP contribution in [0.15, 0.2) is 28.7 Å². The molecule has 0 aromatic heterocycles. The van der Waals surface area contributed by atoms with Crippen LogP contribution in [0.5, 0.6) is 0 Å². The van der Waals surface area contributed by atoms with Crippen molar-refractivity contribution < 1.29 is 4.79 Å². The third-order valence-corrected chi connectivity index (χ3v) is 4.31. The van der Waals surface area contributed by atoms with Gasteiger partial charge in [0.25, 0.3) is 0 Å². The van der Waals surface area contributed by atoms with Crippen molar-refractivity contribution in [1.82, 2.24) is 0 Å². The third-order valence-electron chi connectivity index (χ3n) is 3.78. The Bertz CT molecular complexity index is 374. The number of halogens is 1. The van der Waals surface area contributed by atoms with Gasteiger partial charge in [0.1, 0.15) is 5.78 Å². The summed E-state index contributed by atoms with van der Waals surface area (Å²) in [6.07, 6.45) is 5.66. The Labute approximate surface area is 105 Å². The van der Waals surface area contributed by atoms with E-state index < -0.39 is 0 Å². The average Bonchev–Trinajstić information content (AvgIpc) is 2.30. The van der Waals surface area contributed by atoms with E-state index >= 15 is 0 Å². The monoisotopic (exact) mass is 280 g/mol. The predicted octanol–water partition coefficient (Wildman–Crippen LogP) is 4.24. The van der Waals surface area contributed by atoms with E-state index in [-0.39, 0.29) is 5.41 Å². The zero-order chi connectivity index (χ0) is 11.6. The van der Waals surface area contributed by atoms with E-state index in [2.05, 4.69) is 28.1 Å². The van der Waals surface area contributed by atoms with Crippen molar-refractivity contribution in [2.75, 3.05) is 0 Å². The Hall–Kier alpha value is -0.630. The Balaban J connectivity index is 2.38. The molecule has 1 aliphatic carbocycles. The standard InChI is InChI=1S/C14H17BrO/c1-11(16)14(9-3-2-4-10-14)12-5-7-13(15)8-6-12/h5-8H,2-4,9-10H2,1H3. The van der Waals surface area contributed by atoms with Crippen LogP contribution in [0.4, 0.5) is 0 Å². The first-order valence-corrected chi connectivity index (χ1v) is 6.71. The molecule has 0 bridgehead atoms. The van der Waals surface area contributed by atoms with Crippen molar-refractivity contribution in [1.29, 1.82) is 0 Å². The lowest BCUT2D eigenvalue weighted by Crippen LogP contribution is -2.36. The van der Waals surface area contributed by atoms with Gasteiger partial charge in [0.2, 0.25) is 0 Å². The number of rotatable bonds is 2. The Kier molecular flexibility index (Phi) is 3.48. The molecule has 16 heavy (non-hydrogen) atoms. The van der Waals surface area contributed by atoms with Gasteiger partial charge in [-0.05, 0) is 37.5 Å². The minimum absolute atomic E-state index is 0.195. The molecule has 1 aromatic carbocycles. The van der Waals surface area contributed by atoms with Gasteiger partial charge < -0.3 is 0 Å². The molecule has 0 unspecified atom stereocenters. The highest BCUT2D eigenvalue weighted by molar-refractivity contribution is 9.10. The van der Waals surface area contributed by atoms with Crippen LogP contribution in [0.3, 0.4) is 0 Å². The second-order valence-corrected chi connectivity index (χ2v) is 5.62. The number of hydrogen-bond acceptors (Lipinski definition) is 1. The molecule has 1 saturated carbocycles. The number of Topliss-reactive ketones (excluding diaryl/α,β-unsaturated/α-hetero) is 1. The second-order valence-electron chi connectivity index (χ2n) is 4.71. The molecule has 0 amide bonds. The molecular formula is C14H17BrO. The van der Waals surface area contributed by atoms with Gasteiger partial charge in [-0.1, -0.05) is 47.3 Å². The number of ketones is 1. The summed E-state index contributed by atoms with van der Waals surface area (Å²) in [5.74, 6) is 0.328. The highest BCUT2D eigenvalue weighted by Crippen LogP contribution is 2.40. The first kappa shape index (κ1) is 11.8. The first-order chi connectivity index (χ1) is 7.65. The maximum absolute atomic E-state index is 12.0. The summed E-state index contributed by atoms with van der Waals surface area (Å²) in [7, 11) is 0. The number of carbonyl (C=O) groups is 1. The number of benzene rings is 1. The van der Waals surface area contributed by atoms with E-state index in [0.717, 1.165) is 17.3 Å². The van der Waals surface area contributed by atoms with Crippen molar-refractivity contribution in [2.24, 2.45) is 0 Å². The lowest BCUT2D eigenvalue weighted by atomic mass is 9.67. The normalized spacial score (nSPS) is 19.4.